The molecular formula is C17H11F4NO3. The first-order valence-electron chi connectivity index (χ1n) is 7.09. The van der Waals surface area contributed by atoms with E-state index < -0.39 is 29.0 Å². The van der Waals surface area contributed by atoms with Gasteiger partial charge in [0.15, 0.2) is 35.7 Å². The molecule has 0 N–H and O–H groups in total. The molecule has 1 heterocycles. The third kappa shape index (κ3) is 4.09. The van der Waals surface area contributed by atoms with Gasteiger partial charge in [-0.25, -0.2) is 22.6 Å². The van der Waals surface area contributed by atoms with Crippen molar-refractivity contribution in [2.24, 2.45) is 4.99 Å². The van der Waals surface area contributed by atoms with Crippen molar-refractivity contribution in [2.75, 3.05) is 6.73 Å². The molecule has 0 fully saturated rings. The predicted octanol–water partition coefficient (Wildman–Crippen LogP) is 4.45. The van der Waals surface area contributed by atoms with Crippen LogP contribution in [0.1, 0.15) is 5.56 Å². The zero-order valence-electron chi connectivity index (χ0n) is 12.6. The van der Waals surface area contributed by atoms with E-state index in [4.69, 9.17) is 14.2 Å². The van der Waals surface area contributed by atoms with Gasteiger partial charge in [-0.05, 0) is 29.8 Å². The van der Waals surface area contributed by atoms with Crippen molar-refractivity contribution in [3.63, 3.8) is 0 Å². The molecule has 2 aromatic rings. The number of halogens is 4. The van der Waals surface area contributed by atoms with E-state index in [-0.39, 0.29) is 30.5 Å². The van der Waals surface area contributed by atoms with Crippen LogP contribution in [-0.4, -0.2) is 12.6 Å². The summed E-state index contributed by atoms with van der Waals surface area (Å²) in [6, 6.07) is 4.58. The number of nitrogens with zero attached hydrogens (tertiary/aromatic N) is 1. The molecule has 4 nitrogen and oxygen atoms in total. The van der Waals surface area contributed by atoms with Crippen LogP contribution in [0.25, 0.3) is 0 Å². The number of ether oxygens (including phenoxy) is 3. The summed E-state index contributed by atoms with van der Waals surface area (Å²) in [5.41, 5.74) is 0.204. The summed E-state index contributed by atoms with van der Waals surface area (Å²) in [6.45, 7) is -0.0158. The normalized spacial score (nSPS) is 13.2. The van der Waals surface area contributed by atoms with Crippen molar-refractivity contribution >= 4 is 5.90 Å². The molecule has 0 saturated carbocycles. The number of benzene rings is 2. The lowest BCUT2D eigenvalue weighted by Crippen LogP contribution is -2.07. The number of hydrogen-bond acceptors (Lipinski definition) is 4. The first-order valence-corrected chi connectivity index (χ1v) is 7.09. The molecule has 130 valence electrons. The summed E-state index contributed by atoms with van der Waals surface area (Å²) in [6.07, 6.45) is 2.86. The van der Waals surface area contributed by atoms with Crippen LogP contribution in [0.2, 0.25) is 0 Å². The average Bonchev–Trinajstić information content (AvgIpc) is 2.60. The van der Waals surface area contributed by atoms with Gasteiger partial charge in [-0.3, -0.25) is 0 Å². The minimum Gasteiger partial charge on any atom is -0.479 e. The smallest absolute Gasteiger partial charge is 0.215 e. The summed E-state index contributed by atoms with van der Waals surface area (Å²) in [7, 11) is 0. The Balaban J connectivity index is 1.74. The van der Waals surface area contributed by atoms with E-state index in [2.05, 4.69) is 4.99 Å². The highest BCUT2D eigenvalue weighted by Crippen LogP contribution is 2.29. The van der Waals surface area contributed by atoms with Gasteiger partial charge >= 0.3 is 0 Å². The monoisotopic (exact) mass is 353 g/mol. The fourth-order valence-corrected chi connectivity index (χ4v) is 2.01. The van der Waals surface area contributed by atoms with Gasteiger partial charge in [0.1, 0.15) is 12.4 Å². The lowest BCUT2D eigenvalue weighted by Gasteiger charge is -2.12. The lowest BCUT2D eigenvalue weighted by atomic mass is 10.2. The Labute approximate surface area is 140 Å². The summed E-state index contributed by atoms with van der Waals surface area (Å²) in [5, 5.41) is 0. The highest BCUT2D eigenvalue weighted by Gasteiger charge is 2.15. The summed E-state index contributed by atoms with van der Waals surface area (Å²) in [4.78, 5) is 3.89. The first-order chi connectivity index (χ1) is 12.0. The van der Waals surface area contributed by atoms with E-state index in [1.165, 1.54) is 12.3 Å². The maximum atomic E-state index is 14.1. The topological polar surface area (TPSA) is 40.0 Å². The van der Waals surface area contributed by atoms with Crippen LogP contribution in [0.15, 0.2) is 47.7 Å². The summed E-state index contributed by atoms with van der Waals surface area (Å²) in [5.74, 6) is -4.98. The third-order valence-electron chi connectivity index (χ3n) is 3.16. The van der Waals surface area contributed by atoms with Crippen molar-refractivity contribution in [1.82, 2.24) is 0 Å². The lowest BCUT2D eigenvalue weighted by molar-refractivity contribution is 0.234. The fraction of sp³-hybridized carbons (Fsp3) is 0.118. The second-order valence-corrected chi connectivity index (χ2v) is 4.95. The quantitative estimate of drug-likeness (QED) is 0.763. The van der Waals surface area contributed by atoms with Crippen LogP contribution in [0.5, 0.6) is 11.5 Å². The summed E-state index contributed by atoms with van der Waals surface area (Å²) < 4.78 is 69.3. The van der Waals surface area contributed by atoms with Gasteiger partial charge < -0.3 is 14.2 Å². The molecule has 0 atom stereocenters. The van der Waals surface area contributed by atoms with Gasteiger partial charge in [0, 0.05) is 12.1 Å². The van der Waals surface area contributed by atoms with Crippen LogP contribution in [0.3, 0.4) is 0 Å². The molecule has 0 aliphatic carbocycles. The van der Waals surface area contributed by atoms with Crippen molar-refractivity contribution in [3.05, 3.63) is 71.5 Å². The molecule has 0 unspecified atom stereocenters. The molecule has 3 rings (SSSR count). The Bertz CT molecular complexity index is 829. The highest BCUT2D eigenvalue weighted by atomic mass is 19.2. The zero-order valence-corrected chi connectivity index (χ0v) is 12.6. The Morgan fingerprint density at radius 3 is 2.36 bits per heavy atom. The molecule has 0 bridgehead atoms. The maximum Gasteiger partial charge on any atom is 0.215 e. The molecule has 0 saturated heterocycles. The van der Waals surface area contributed by atoms with Crippen molar-refractivity contribution < 1.29 is 31.8 Å². The predicted molar refractivity (Wildman–Crippen MR) is 80.1 cm³/mol. The van der Waals surface area contributed by atoms with Crippen LogP contribution < -0.4 is 4.74 Å². The zero-order chi connectivity index (χ0) is 17.8. The Kier molecular flexibility index (Phi) is 4.87. The van der Waals surface area contributed by atoms with Gasteiger partial charge in [0.2, 0.25) is 5.90 Å². The number of hydrogen-bond donors (Lipinski definition) is 0. The molecule has 25 heavy (non-hydrogen) atoms. The molecule has 0 aromatic heterocycles. The molecular weight excluding hydrogens is 342 g/mol. The van der Waals surface area contributed by atoms with Gasteiger partial charge in [0.05, 0.1) is 6.26 Å². The van der Waals surface area contributed by atoms with E-state index >= 15 is 0 Å². The maximum absolute atomic E-state index is 14.1. The minimum atomic E-state index is -1.19. The third-order valence-corrected chi connectivity index (χ3v) is 3.16. The number of aliphatic imine (C=N–C) groups is 1. The molecule has 8 heteroatoms. The second kappa shape index (κ2) is 7.25. The summed E-state index contributed by atoms with van der Waals surface area (Å²) >= 11 is 0. The first kappa shape index (κ1) is 16.8. The van der Waals surface area contributed by atoms with Crippen LogP contribution in [0.4, 0.5) is 17.6 Å². The number of rotatable bonds is 4. The largest absolute Gasteiger partial charge is 0.479 e. The molecule has 2 aromatic carbocycles. The Hall–Kier alpha value is -3.03. The van der Waals surface area contributed by atoms with Crippen LogP contribution in [-0.2, 0) is 16.1 Å². The van der Waals surface area contributed by atoms with Gasteiger partial charge in [-0.2, -0.15) is 0 Å². The molecule has 0 radical (unpaired) electrons. The highest BCUT2D eigenvalue weighted by molar-refractivity contribution is 5.87. The van der Waals surface area contributed by atoms with E-state index in [1.54, 1.807) is 0 Å². The van der Waals surface area contributed by atoms with E-state index in [0.717, 1.165) is 24.3 Å². The van der Waals surface area contributed by atoms with Gasteiger partial charge in [-0.15, -0.1) is 0 Å². The molecule has 0 amide bonds. The molecule has 1 aliphatic heterocycles. The van der Waals surface area contributed by atoms with Crippen molar-refractivity contribution in [1.29, 1.82) is 0 Å². The van der Waals surface area contributed by atoms with E-state index in [1.807, 2.05) is 0 Å². The van der Waals surface area contributed by atoms with Crippen molar-refractivity contribution in [3.8, 4) is 11.5 Å². The van der Waals surface area contributed by atoms with Crippen LogP contribution >= 0.6 is 0 Å². The second-order valence-electron chi connectivity index (χ2n) is 4.95. The average molecular weight is 353 g/mol. The fourth-order valence-electron chi connectivity index (χ4n) is 2.01. The van der Waals surface area contributed by atoms with Gasteiger partial charge in [0.25, 0.3) is 0 Å². The molecule has 0 spiro atoms. The standard InChI is InChI=1S/C17H11F4NO3/c18-12-2-1-11(7-13(12)19)25-17-14(20)5-10(6-15(17)21)8-24-16-3-4-23-9-22-16/h1-7H,8-9H2. The Morgan fingerprint density at radius 2 is 1.72 bits per heavy atom. The SMILES string of the molecule is Fc1ccc(Oc2c(F)cc(COC3=NCOC=C3)cc2F)cc1F. The van der Waals surface area contributed by atoms with Crippen molar-refractivity contribution in [2.45, 2.75) is 6.61 Å². The van der Waals surface area contributed by atoms with Crippen LogP contribution in [0, 0.1) is 23.3 Å². The van der Waals surface area contributed by atoms with Gasteiger partial charge in [-0.1, -0.05) is 0 Å². The van der Waals surface area contributed by atoms with E-state index in [0.29, 0.717) is 6.07 Å². The Morgan fingerprint density at radius 1 is 0.960 bits per heavy atom. The minimum absolute atomic E-state index is 0.107. The van der Waals surface area contributed by atoms with E-state index in [9.17, 15) is 17.6 Å². The molecule has 1 aliphatic rings.